The van der Waals surface area contributed by atoms with E-state index in [-0.39, 0.29) is 18.1 Å². The van der Waals surface area contributed by atoms with Crippen molar-refractivity contribution >= 4 is 17.7 Å². The average molecular weight is 362 g/mol. The largest absolute Gasteiger partial charge is 0.462 e. The second kappa shape index (κ2) is 8.92. The van der Waals surface area contributed by atoms with Crippen molar-refractivity contribution < 1.29 is 19.1 Å². The van der Waals surface area contributed by atoms with Gasteiger partial charge in [0.2, 0.25) is 0 Å². The Bertz CT molecular complexity index is 616. The quantitative estimate of drug-likeness (QED) is 0.617. The van der Waals surface area contributed by atoms with E-state index in [1.165, 1.54) is 0 Å². The maximum Gasteiger partial charge on any atom is 0.407 e. The van der Waals surface area contributed by atoms with Gasteiger partial charge in [0.05, 0.1) is 0 Å². The Morgan fingerprint density at radius 1 is 1.15 bits per heavy atom. The molecule has 26 heavy (non-hydrogen) atoms. The topological polar surface area (TPSA) is 90.6 Å². The maximum absolute atomic E-state index is 12.1. The molecule has 1 aliphatic rings. The molecule has 1 aromatic rings. The van der Waals surface area contributed by atoms with Crippen LogP contribution in [0.4, 0.5) is 10.5 Å². The number of hydrogen-bond donors (Lipinski definition) is 2. The molecule has 0 aromatic heterocycles. The van der Waals surface area contributed by atoms with Gasteiger partial charge >= 0.3 is 12.1 Å². The van der Waals surface area contributed by atoms with Crippen molar-refractivity contribution in [2.24, 2.45) is 0 Å². The van der Waals surface area contributed by atoms with Crippen LogP contribution in [0.25, 0.3) is 0 Å². The van der Waals surface area contributed by atoms with E-state index in [1.807, 2.05) is 45.0 Å². The van der Waals surface area contributed by atoms with Crippen LogP contribution >= 0.6 is 0 Å². The van der Waals surface area contributed by atoms with Crippen LogP contribution in [0, 0.1) is 0 Å². The zero-order chi connectivity index (χ0) is 19.2. The summed E-state index contributed by atoms with van der Waals surface area (Å²) < 4.78 is 10.8. The summed E-state index contributed by atoms with van der Waals surface area (Å²) in [5.74, 6) is -0.197. The van der Waals surface area contributed by atoms with Crippen LogP contribution in [0.2, 0.25) is 0 Å². The van der Waals surface area contributed by atoms with Crippen LogP contribution in [0.5, 0.6) is 0 Å². The molecule has 0 radical (unpaired) electrons. The highest BCUT2D eigenvalue weighted by atomic mass is 16.6. The van der Waals surface area contributed by atoms with E-state index in [0.717, 1.165) is 31.2 Å². The third-order valence-electron chi connectivity index (χ3n) is 4.35. The number of amides is 1. The van der Waals surface area contributed by atoms with Crippen molar-refractivity contribution in [3.05, 3.63) is 29.8 Å². The first-order valence-electron chi connectivity index (χ1n) is 9.25. The van der Waals surface area contributed by atoms with E-state index in [0.29, 0.717) is 18.5 Å². The number of nitrogen functional groups attached to an aromatic ring is 1. The summed E-state index contributed by atoms with van der Waals surface area (Å²) in [5.41, 5.74) is 7.06. The second-order valence-electron chi connectivity index (χ2n) is 7.81. The van der Waals surface area contributed by atoms with Crippen molar-refractivity contribution in [1.82, 2.24) is 5.32 Å². The second-order valence-corrected chi connectivity index (χ2v) is 7.81. The van der Waals surface area contributed by atoms with E-state index in [2.05, 4.69) is 5.32 Å². The number of alkyl carbamates (subject to hydrolysis) is 1. The summed E-state index contributed by atoms with van der Waals surface area (Å²) in [6.07, 6.45) is 3.50. The Kier molecular flexibility index (Phi) is 6.89. The molecule has 2 rings (SSSR count). The molecule has 6 nitrogen and oxygen atoms in total. The van der Waals surface area contributed by atoms with Gasteiger partial charge in [-0.1, -0.05) is 18.2 Å². The molecular formula is C20H30N2O4. The van der Waals surface area contributed by atoms with Crippen LogP contribution in [-0.4, -0.2) is 29.8 Å². The summed E-state index contributed by atoms with van der Waals surface area (Å²) in [6.45, 7) is 5.52. The van der Waals surface area contributed by atoms with E-state index in [4.69, 9.17) is 15.2 Å². The SMILES string of the molecule is CC(C)(C)OC(=O)NC1CCC(OC(=O)CCc2ccccc2N)CC1. The number of carbonyl (C=O) groups excluding carboxylic acids is 2. The minimum absolute atomic E-state index is 0.0731. The normalized spacial score (nSPS) is 20.3. The summed E-state index contributed by atoms with van der Waals surface area (Å²) in [6, 6.07) is 7.62. The zero-order valence-electron chi connectivity index (χ0n) is 15.9. The summed E-state index contributed by atoms with van der Waals surface area (Å²) in [5, 5.41) is 2.89. The number of nitrogens with one attached hydrogen (secondary N) is 1. The molecule has 1 amide bonds. The molecule has 1 fully saturated rings. The van der Waals surface area contributed by atoms with Crippen LogP contribution < -0.4 is 11.1 Å². The van der Waals surface area contributed by atoms with Gasteiger partial charge in [-0.2, -0.15) is 0 Å². The lowest BCUT2D eigenvalue weighted by molar-refractivity contribution is -0.150. The standard InChI is InChI=1S/C20H30N2O4/c1-20(2,3)26-19(24)22-15-9-11-16(12-10-15)25-18(23)13-8-14-6-4-5-7-17(14)21/h4-7,15-16H,8-13,21H2,1-3H3,(H,22,24). The van der Waals surface area contributed by atoms with Crippen molar-refractivity contribution in [3.8, 4) is 0 Å². The highest BCUT2D eigenvalue weighted by molar-refractivity contribution is 5.70. The molecule has 144 valence electrons. The lowest BCUT2D eigenvalue weighted by Crippen LogP contribution is -2.42. The van der Waals surface area contributed by atoms with Crippen LogP contribution in [0.3, 0.4) is 0 Å². The number of aryl methyl sites for hydroxylation is 1. The van der Waals surface area contributed by atoms with Gasteiger partial charge in [0.25, 0.3) is 0 Å². The highest BCUT2D eigenvalue weighted by Gasteiger charge is 2.26. The number of rotatable bonds is 5. The Hall–Kier alpha value is -2.24. The molecule has 0 unspecified atom stereocenters. The molecule has 0 spiro atoms. The maximum atomic E-state index is 12.1. The zero-order valence-corrected chi connectivity index (χ0v) is 15.9. The first-order chi connectivity index (χ1) is 12.2. The predicted molar refractivity (Wildman–Crippen MR) is 101 cm³/mol. The smallest absolute Gasteiger partial charge is 0.407 e. The lowest BCUT2D eigenvalue weighted by atomic mass is 9.93. The van der Waals surface area contributed by atoms with Crippen molar-refractivity contribution in [1.29, 1.82) is 0 Å². The lowest BCUT2D eigenvalue weighted by Gasteiger charge is -2.29. The number of hydrogen-bond acceptors (Lipinski definition) is 5. The fraction of sp³-hybridized carbons (Fsp3) is 0.600. The molecule has 0 saturated heterocycles. The Morgan fingerprint density at radius 2 is 1.81 bits per heavy atom. The first kappa shape index (κ1) is 20.1. The minimum Gasteiger partial charge on any atom is -0.462 e. The van der Waals surface area contributed by atoms with Crippen LogP contribution in [-0.2, 0) is 20.7 Å². The van der Waals surface area contributed by atoms with Crippen LogP contribution in [0.1, 0.15) is 58.4 Å². The van der Waals surface area contributed by atoms with E-state index in [1.54, 1.807) is 0 Å². The van der Waals surface area contributed by atoms with Crippen LogP contribution in [0.15, 0.2) is 24.3 Å². The molecule has 1 aliphatic carbocycles. The van der Waals surface area contributed by atoms with Gasteiger partial charge in [0.1, 0.15) is 11.7 Å². The van der Waals surface area contributed by atoms with Gasteiger partial charge in [-0.15, -0.1) is 0 Å². The third-order valence-corrected chi connectivity index (χ3v) is 4.35. The molecule has 0 bridgehead atoms. The molecule has 0 heterocycles. The van der Waals surface area contributed by atoms with Gasteiger partial charge in [-0.25, -0.2) is 4.79 Å². The van der Waals surface area contributed by atoms with Gasteiger partial charge in [-0.3, -0.25) is 4.79 Å². The van der Waals surface area contributed by atoms with E-state index in [9.17, 15) is 9.59 Å². The minimum atomic E-state index is -0.501. The first-order valence-corrected chi connectivity index (χ1v) is 9.25. The Balaban J connectivity index is 1.67. The van der Waals surface area contributed by atoms with Gasteiger partial charge in [0.15, 0.2) is 0 Å². The summed E-state index contributed by atoms with van der Waals surface area (Å²) in [7, 11) is 0. The molecule has 1 aromatic carbocycles. The third kappa shape index (κ3) is 6.94. The summed E-state index contributed by atoms with van der Waals surface area (Å²) in [4.78, 5) is 23.9. The molecule has 0 atom stereocenters. The number of nitrogens with two attached hydrogens (primary N) is 1. The number of ether oxygens (including phenoxy) is 2. The van der Waals surface area contributed by atoms with Crippen molar-refractivity contribution in [3.63, 3.8) is 0 Å². The monoisotopic (exact) mass is 362 g/mol. The van der Waals surface area contributed by atoms with Gasteiger partial charge in [0, 0.05) is 18.2 Å². The fourth-order valence-corrected chi connectivity index (χ4v) is 3.04. The molecular weight excluding hydrogens is 332 g/mol. The van der Waals surface area contributed by atoms with E-state index >= 15 is 0 Å². The number of carbonyl (C=O) groups is 2. The Morgan fingerprint density at radius 3 is 2.42 bits per heavy atom. The molecule has 1 saturated carbocycles. The fourth-order valence-electron chi connectivity index (χ4n) is 3.04. The predicted octanol–water partition coefficient (Wildman–Crippen LogP) is 3.58. The Labute approximate surface area is 155 Å². The number of anilines is 1. The highest BCUT2D eigenvalue weighted by Crippen LogP contribution is 2.22. The van der Waals surface area contributed by atoms with Gasteiger partial charge < -0.3 is 20.5 Å². The van der Waals surface area contributed by atoms with Crippen molar-refractivity contribution in [2.45, 2.75) is 77.0 Å². The van der Waals surface area contributed by atoms with Gasteiger partial charge in [-0.05, 0) is 64.5 Å². The number of benzene rings is 1. The molecule has 6 heteroatoms. The van der Waals surface area contributed by atoms with Crippen molar-refractivity contribution in [2.75, 3.05) is 5.73 Å². The summed E-state index contributed by atoms with van der Waals surface area (Å²) >= 11 is 0. The van der Waals surface area contributed by atoms with E-state index < -0.39 is 11.7 Å². The average Bonchev–Trinajstić information content (AvgIpc) is 2.54. The number of esters is 1. The number of para-hydroxylation sites is 1. The molecule has 0 aliphatic heterocycles. The molecule has 3 N–H and O–H groups in total.